The molecule has 0 radical (unpaired) electrons. The molecule has 21 heavy (non-hydrogen) atoms. The van der Waals surface area contributed by atoms with Crippen molar-refractivity contribution >= 4 is 39.1 Å². The van der Waals surface area contributed by atoms with E-state index in [-0.39, 0.29) is 5.56 Å². The molecule has 0 aliphatic heterocycles. The average Bonchev–Trinajstić information content (AvgIpc) is 2.88. The van der Waals surface area contributed by atoms with Gasteiger partial charge in [0.05, 0.1) is 12.2 Å². The molecule has 2 aromatic rings. The number of aromatic carboxylic acids is 1. The van der Waals surface area contributed by atoms with Crippen LogP contribution >= 0.6 is 27.3 Å². The number of carboxylic acids is 1. The quantitative estimate of drug-likeness (QED) is 0.810. The molecular formula is C14H16BrN3O2S. The largest absolute Gasteiger partial charge is 0.478 e. The molecule has 0 aliphatic carbocycles. The van der Waals surface area contributed by atoms with Crippen molar-refractivity contribution < 1.29 is 9.90 Å². The Hall–Kier alpha value is -1.47. The normalized spacial score (nSPS) is 10.6. The van der Waals surface area contributed by atoms with Crippen molar-refractivity contribution in [1.29, 1.82) is 0 Å². The van der Waals surface area contributed by atoms with E-state index in [1.54, 1.807) is 11.3 Å². The van der Waals surface area contributed by atoms with E-state index < -0.39 is 5.97 Å². The van der Waals surface area contributed by atoms with Gasteiger partial charge in [-0.2, -0.15) is 5.10 Å². The van der Waals surface area contributed by atoms with Crippen molar-refractivity contribution in [3.63, 3.8) is 0 Å². The first kappa shape index (κ1) is 15.9. The Kier molecular flexibility index (Phi) is 5.30. The standard InChI is InChI=1S/C14H16BrN3O2S/c1-3-8-10(4-2)17-18-13(12(8)14(19)20)16-7-11-9(15)5-6-21-11/h5-6H,3-4,7H2,1-2H3,(H,16,18)(H,19,20). The van der Waals surface area contributed by atoms with Gasteiger partial charge in [-0.05, 0) is 45.8 Å². The fourth-order valence-corrected chi connectivity index (χ4v) is 3.57. The summed E-state index contributed by atoms with van der Waals surface area (Å²) in [6.45, 7) is 4.40. The van der Waals surface area contributed by atoms with Gasteiger partial charge >= 0.3 is 5.97 Å². The zero-order valence-electron chi connectivity index (χ0n) is 11.8. The zero-order chi connectivity index (χ0) is 15.4. The van der Waals surface area contributed by atoms with Gasteiger partial charge < -0.3 is 10.4 Å². The first-order chi connectivity index (χ1) is 10.1. The highest BCUT2D eigenvalue weighted by atomic mass is 79.9. The summed E-state index contributed by atoms with van der Waals surface area (Å²) < 4.78 is 1.01. The van der Waals surface area contributed by atoms with Crippen molar-refractivity contribution in [2.24, 2.45) is 0 Å². The topological polar surface area (TPSA) is 75.1 Å². The van der Waals surface area contributed by atoms with Crippen molar-refractivity contribution in [3.8, 4) is 0 Å². The van der Waals surface area contributed by atoms with Crippen molar-refractivity contribution in [3.05, 3.63) is 37.6 Å². The van der Waals surface area contributed by atoms with Gasteiger partial charge in [-0.25, -0.2) is 4.79 Å². The number of thiophene rings is 1. The van der Waals surface area contributed by atoms with Crippen molar-refractivity contribution in [1.82, 2.24) is 10.2 Å². The van der Waals surface area contributed by atoms with E-state index in [9.17, 15) is 9.90 Å². The Morgan fingerprint density at radius 1 is 1.38 bits per heavy atom. The minimum atomic E-state index is -0.968. The summed E-state index contributed by atoms with van der Waals surface area (Å²) in [7, 11) is 0. The number of anilines is 1. The molecule has 0 spiro atoms. The highest BCUT2D eigenvalue weighted by molar-refractivity contribution is 9.10. The molecule has 2 heterocycles. The third-order valence-electron chi connectivity index (χ3n) is 3.17. The van der Waals surface area contributed by atoms with Crippen molar-refractivity contribution in [2.45, 2.75) is 33.2 Å². The molecule has 5 nitrogen and oxygen atoms in total. The van der Waals surface area contributed by atoms with Crippen LogP contribution in [0.25, 0.3) is 0 Å². The molecule has 2 aromatic heterocycles. The second-order valence-electron chi connectivity index (χ2n) is 4.41. The first-order valence-corrected chi connectivity index (χ1v) is 8.33. The smallest absolute Gasteiger partial charge is 0.339 e. The minimum Gasteiger partial charge on any atom is -0.478 e. The summed E-state index contributed by atoms with van der Waals surface area (Å²) in [5, 5.41) is 22.8. The third kappa shape index (κ3) is 3.41. The SMILES string of the molecule is CCc1nnc(NCc2sccc2Br)c(C(=O)O)c1CC. The summed E-state index contributed by atoms with van der Waals surface area (Å²) in [4.78, 5) is 12.7. The Labute approximate surface area is 135 Å². The number of aromatic nitrogens is 2. The second kappa shape index (κ2) is 7.00. The molecule has 0 saturated heterocycles. The maximum Gasteiger partial charge on any atom is 0.339 e. The van der Waals surface area contributed by atoms with Crippen LogP contribution in [0.2, 0.25) is 0 Å². The summed E-state index contributed by atoms with van der Waals surface area (Å²) in [6.07, 6.45) is 1.30. The maximum atomic E-state index is 11.6. The molecule has 7 heteroatoms. The van der Waals surface area contributed by atoms with Gasteiger partial charge in [-0.3, -0.25) is 0 Å². The number of hydrogen-bond donors (Lipinski definition) is 2. The van der Waals surface area contributed by atoms with Crippen LogP contribution < -0.4 is 5.32 Å². The molecule has 0 bridgehead atoms. The fourth-order valence-electron chi connectivity index (χ4n) is 2.14. The lowest BCUT2D eigenvalue weighted by Gasteiger charge is -2.13. The van der Waals surface area contributed by atoms with Crippen LogP contribution in [0.5, 0.6) is 0 Å². The van der Waals surface area contributed by atoms with E-state index >= 15 is 0 Å². The van der Waals surface area contributed by atoms with Crippen LogP contribution in [0, 0.1) is 0 Å². The average molecular weight is 370 g/mol. The first-order valence-electron chi connectivity index (χ1n) is 6.65. The van der Waals surface area contributed by atoms with Gasteiger partial charge in [0.1, 0.15) is 5.56 Å². The summed E-state index contributed by atoms with van der Waals surface area (Å²) in [6, 6.07) is 1.96. The Bertz CT molecular complexity index is 658. The Morgan fingerprint density at radius 2 is 2.14 bits per heavy atom. The molecule has 0 unspecified atom stereocenters. The number of hydrogen-bond acceptors (Lipinski definition) is 5. The lowest BCUT2D eigenvalue weighted by molar-refractivity contribution is 0.0696. The van der Waals surface area contributed by atoms with Gasteiger partial charge in [0.15, 0.2) is 5.82 Å². The monoisotopic (exact) mass is 369 g/mol. The number of carboxylic acid groups (broad SMARTS) is 1. The number of rotatable bonds is 6. The highest BCUT2D eigenvalue weighted by Gasteiger charge is 2.20. The fraction of sp³-hybridized carbons (Fsp3) is 0.357. The van der Waals surface area contributed by atoms with E-state index in [0.29, 0.717) is 25.2 Å². The second-order valence-corrected chi connectivity index (χ2v) is 6.26. The summed E-state index contributed by atoms with van der Waals surface area (Å²) in [5.74, 6) is -0.638. The lowest BCUT2D eigenvalue weighted by Crippen LogP contribution is -2.15. The molecule has 0 amide bonds. The highest BCUT2D eigenvalue weighted by Crippen LogP contribution is 2.25. The van der Waals surface area contributed by atoms with E-state index in [2.05, 4.69) is 31.4 Å². The van der Waals surface area contributed by atoms with Gasteiger partial charge in [0.25, 0.3) is 0 Å². The van der Waals surface area contributed by atoms with Gasteiger partial charge in [0, 0.05) is 9.35 Å². The molecule has 2 N–H and O–H groups in total. The number of carbonyl (C=O) groups is 1. The van der Waals surface area contributed by atoms with Crippen LogP contribution in [0.1, 0.15) is 40.3 Å². The lowest BCUT2D eigenvalue weighted by atomic mass is 10.0. The van der Waals surface area contributed by atoms with Crippen LogP contribution in [0.15, 0.2) is 15.9 Å². The molecule has 0 aliphatic rings. The summed E-state index contributed by atoms with van der Waals surface area (Å²) >= 11 is 5.05. The van der Waals surface area contributed by atoms with Gasteiger partial charge in [-0.1, -0.05) is 13.8 Å². The van der Waals surface area contributed by atoms with E-state index in [0.717, 1.165) is 20.6 Å². The number of nitrogens with zero attached hydrogens (tertiary/aromatic N) is 2. The maximum absolute atomic E-state index is 11.6. The van der Waals surface area contributed by atoms with E-state index in [1.165, 1.54) is 0 Å². The van der Waals surface area contributed by atoms with E-state index in [4.69, 9.17) is 0 Å². The number of halogens is 1. The summed E-state index contributed by atoms with van der Waals surface area (Å²) in [5.41, 5.74) is 1.74. The predicted molar refractivity (Wildman–Crippen MR) is 87.1 cm³/mol. The Morgan fingerprint density at radius 3 is 2.67 bits per heavy atom. The zero-order valence-corrected chi connectivity index (χ0v) is 14.2. The third-order valence-corrected chi connectivity index (χ3v) is 5.09. The van der Waals surface area contributed by atoms with Gasteiger partial charge in [-0.15, -0.1) is 16.4 Å². The van der Waals surface area contributed by atoms with Crippen molar-refractivity contribution in [2.75, 3.05) is 5.32 Å². The predicted octanol–water partition coefficient (Wildman–Crippen LogP) is 3.74. The molecule has 112 valence electrons. The van der Waals surface area contributed by atoms with Crippen LogP contribution in [-0.4, -0.2) is 21.3 Å². The van der Waals surface area contributed by atoms with Crippen LogP contribution in [0.3, 0.4) is 0 Å². The van der Waals surface area contributed by atoms with Crippen LogP contribution in [-0.2, 0) is 19.4 Å². The molecule has 2 rings (SSSR count). The molecular weight excluding hydrogens is 354 g/mol. The molecule has 0 saturated carbocycles. The molecule has 0 atom stereocenters. The number of nitrogens with one attached hydrogen (secondary N) is 1. The minimum absolute atomic E-state index is 0.233. The molecule has 0 aromatic carbocycles. The van der Waals surface area contributed by atoms with E-state index in [1.807, 2.05) is 25.3 Å². The van der Waals surface area contributed by atoms with Crippen LogP contribution in [0.4, 0.5) is 5.82 Å². The van der Waals surface area contributed by atoms with Gasteiger partial charge in [0.2, 0.25) is 0 Å². The number of aryl methyl sites for hydroxylation is 1. The Balaban J connectivity index is 2.34. The molecule has 0 fully saturated rings.